The fourth-order valence-electron chi connectivity index (χ4n) is 2.98. The van der Waals surface area contributed by atoms with Crippen molar-refractivity contribution in [2.24, 2.45) is 5.92 Å². The number of unbranched alkanes of at least 4 members (excludes halogenated alkanes) is 5. The third-order valence-electron chi connectivity index (χ3n) is 4.46. The van der Waals surface area contributed by atoms with E-state index in [0.29, 0.717) is 12.0 Å². The zero-order chi connectivity index (χ0) is 14.9. The van der Waals surface area contributed by atoms with Gasteiger partial charge in [0, 0.05) is 11.5 Å². The summed E-state index contributed by atoms with van der Waals surface area (Å²) in [4.78, 5) is 0. The fourth-order valence-corrected chi connectivity index (χ4v) is 2.98. The molecule has 2 heteroatoms. The van der Waals surface area contributed by atoms with Crippen molar-refractivity contribution in [3.63, 3.8) is 0 Å². The molecular formula is C19H30O2. The number of rotatable bonds is 8. The Balaban J connectivity index is 1.67. The molecule has 0 bridgehead atoms. The molecule has 2 nitrogen and oxygen atoms in total. The van der Waals surface area contributed by atoms with Crippen molar-refractivity contribution in [1.29, 1.82) is 0 Å². The van der Waals surface area contributed by atoms with Gasteiger partial charge in [0.2, 0.25) is 0 Å². The number of benzene rings is 1. The highest BCUT2D eigenvalue weighted by Crippen LogP contribution is 2.31. The molecule has 1 aromatic carbocycles. The maximum absolute atomic E-state index is 6.06. The molecule has 1 saturated heterocycles. The van der Waals surface area contributed by atoms with Crippen LogP contribution in [0.5, 0.6) is 0 Å². The van der Waals surface area contributed by atoms with E-state index in [9.17, 15) is 0 Å². The first-order chi connectivity index (χ1) is 10.3. The van der Waals surface area contributed by atoms with E-state index in [2.05, 4.69) is 26.0 Å². The molecule has 0 saturated carbocycles. The summed E-state index contributed by atoms with van der Waals surface area (Å²) in [5, 5.41) is 0. The van der Waals surface area contributed by atoms with Gasteiger partial charge in [-0.2, -0.15) is 0 Å². The van der Waals surface area contributed by atoms with Gasteiger partial charge in [0.25, 0.3) is 0 Å². The van der Waals surface area contributed by atoms with E-state index >= 15 is 0 Å². The molecule has 1 aliphatic rings. The van der Waals surface area contributed by atoms with Gasteiger partial charge in [0.1, 0.15) is 0 Å². The number of hydrogen-bond donors (Lipinski definition) is 0. The summed E-state index contributed by atoms with van der Waals surface area (Å²) in [5.41, 5.74) is 1.13. The lowest BCUT2D eigenvalue weighted by Gasteiger charge is -2.35. The topological polar surface area (TPSA) is 18.5 Å². The molecule has 0 radical (unpaired) electrons. The average molecular weight is 290 g/mol. The summed E-state index contributed by atoms with van der Waals surface area (Å²) in [6.45, 7) is 5.29. The molecule has 0 spiro atoms. The van der Waals surface area contributed by atoms with Crippen LogP contribution in [0.3, 0.4) is 0 Å². The molecule has 2 rings (SSSR count). The van der Waals surface area contributed by atoms with Crippen molar-refractivity contribution < 1.29 is 9.47 Å². The molecule has 3 unspecified atom stereocenters. The molecule has 118 valence electrons. The minimum absolute atomic E-state index is 0.179. The summed E-state index contributed by atoms with van der Waals surface area (Å²) < 4.78 is 12.0. The lowest BCUT2D eigenvalue weighted by Crippen LogP contribution is -2.34. The molecule has 0 aromatic heterocycles. The molecule has 1 heterocycles. The molecular weight excluding hydrogens is 260 g/mol. The number of ether oxygens (including phenoxy) is 2. The van der Waals surface area contributed by atoms with Crippen LogP contribution in [0.25, 0.3) is 0 Å². The Bertz CT molecular complexity index is 376. The first-order valence-electron chi connectivity index (χ1n) is 8.63. The van der Waals surface area contributed by atoms with E-state index in [1.807, 2.05) is 18.2 Å². The Hall–Kier alpha value is -0.860. The van der Waals surface area contributed by atoms with Gasteiger partial charge in [-0.25, -0.2) is 0 Å². The summed E-state index contributed by atoms with van der Waals surface area (Å²) in [5.74, 6) is 0.552. The van der Waals surface area contributed by atoms with Gasteiger partial charge in [0.05, 0.1) is 12.7 Å². The second kappa shape index (κ2) is 9.22. The predicted octanol–water partition coefficient (Wildman–Crippen LogP) is 5.49. The van der Waals surface area contributed by atoms with E-state index in [-0.39, 0.29) is 6.29 Å². The maximum Gasteiger partial charge on any atom is 0.184 e. The summed E-state index contributed by atoms with van der Waals surface area (Å²) in [6.07, 6.45) is 9.47. The summed E-state index contributed by atoms with van der Waals surface area (Å²) in [6, 6.07) is 10.2. The SMILES string of the molecule is CCCCCCCCC1COC(c2ccccc2)OC1C. The van der Waals surface area contributed by atoms with Crippen molar-refractivity contribution >= 4 is 0 Å². The lowest BCUT2D eigenvalue weighted by atomic mass is 9.95. The molecule has 3 atom stereocenters. The molecule has 1 aliphatic heterocycles. The lowest BCUT2D eigenvalue weighted by molar-refractivity contribution is -0.237. The highest BCUT2D eigenvalue weighted by atomic mass is 16.7. The van der Waals surface area contributed by atoms with Crippen molar-refractivity contribution in [2.75, 3.05) is 6.61 Å². The molecule has 21 heavy (non-hydrogen) atoms. The molecule has 0 N–H and O–H groups in total. The van der Waals surface area contributed by atoms with Crippen LogP contribution in [-0.2, 0) is 9.47 Å². The molecule has 1 aromatic rings. The van der Waals surface area contributed by atoms with Crippen LogP contribution in [-0.4, -0.2) is 12.7 Å². The van der Waals surface area contributed by atoms with Crippen LogP contribution in [0.1, 0.15) is 70.6 Å². The highest BCUT2D eigenvalue weighted by Gasteiger charge is 2.29. The second-order valence-electron chi connectivity index (χ2n) is 6.23. The van der Waals surface area contributed by atoms with E-state index in [1.54, 1.807) is 0 Å². The van der Waals surface area contributed by atoms with Crippen LogP contribution in [0.2, 0.25) is 0 Å². The Morgan fingerprint density at radius 2 is 1.71 bits per heavy atom. The van der Waals surface area contributed by atoms with E-state index in [4.69, 9.17) is 9.47 Å². The van der Waals surface area contributed by atoms with Crippen LogP contribution < -0.4 is 0 Å². The highest BCUT2D eigenvalue weighted by molar-refractivity contribution is 5.16. The standard InChI is InChI=1S/C19H30O2/c1-3-4-5-6-7-9-14-18-15-20-19(21-16(18)2)17-12-10-8-11-13-17/h8,10-13,16,18-19H,3-7,9,14-15H2,1-2H3. The largest absolute Gasteiger partial charge is 0.348 e. The first kappa shape index (κ1) is 16.5. The predicted molar refractivity (Wildman–Crippen MR) is 87.2 cm³/mol. The van der Waals surface area contributed by atoms with E-state index < -0.39 is 0 Å². The van der Waals surface area contributed by atoms with Crippen LogP contribution in [0, 0.1) is 5.92 Å². The molecule has 0 amide bonds. The van der Waals surface area contributed by atoms with Gasteiger partial charge in [-0.05, 0) is 13.3 Å². The quantitative estimate of drug-likeness (QED) is 0.590. The molecule has 1 fully saturated rings. The first-order valence-corrected chi connectivity index (χ1v) is 8.63. The maximum atomic E-state index is 6.06. The minimum Gasteiger partial charge on any atom is -0.348 e. The van der Waals surface area contributed by atoms with Crippen LogP contribution in [0.15, 0.2) is 30.3 Å². The summed E-state index contributed by atoms with van der Waals surface area (Å²) in [7, 11) is 0. The van der Waals surface area contributed by atoms with E-state index in [1.165, 1.54) is 44.9 Å². The smallest absolute Gasteiger partial charge is 0.184 e. The van der Waals surface area contributed by atoms with Crippen molar-refractivity contribution in [3.05, 3.63) is 35.9 Å². The fraction of sp³-hybridized carbons (Fsp3) is 0.684. The van der Waals surface area contributed by atoms with Crippen LogP contribution >= 0.6 is 0 Å². The van der Waals surface area contributed by atoms with Gasteiger partial charge < -0.3 is 9.47 Å². The Morgan fingerprint density at radius 3 is 2.43 bits per heavy atom. The van der Waals surface area contributed by atoms with Gasteiger partial charge in [-0.1, -0.05) is 75.8 Å². The average Bonchev–Trinajstić information content (AvgIpc) is 2.53. The van der Waals surface area contributed by atoms with Gasteiger partial charge in [0.15, 0.2) is 6.29 Å². The normalized spacial score (nSPS) is 25.9. The van der Waals surface area contributed by atoms with Gasteiger partial charge in [-0.15, -0.1) is 0 Å². The zero-order valence-electron chi connectivity index (χ0n) is 13.6. The monoisotopic (exact) mass is 290 g/mol. The van der Waals surface area contributed by atoms with Crippen LogP contribution in [0.4, 0.5) is 0 Å². The zero-order valence-corrected chi connectivity index (χ0v) is 13.6. The summed E-state index contributed by atoms with van der Waals surface area (Å²) >= 11 is 0. The van der Waals surface area contributed by atoms with Gasteiger partial charge >= 0.3 is 0 Å². The van der Waals surface area contributed by atoms with E-state index in [0.717, 1.165) is 12.2 Å². The van der Waals surface area contributed by atoms with Gasteiger partial charge in [-0.3, -0.25) is 0 Å². The second-order valence-corrected chi connectivity index (χ2v) is 6.23. The van der Waals surface area contributed by atoms with Crippen molar-refractivity contribution in [1.82, 2.24) is 0 Å². The minimum atomic E-state index is -0.179. The van der Waals surface area contributed by atoms with Crippen molar-refractivity contribution in [3.8, 4) is 0 Å². The Morgan fingerprint density at radius 1 is 1.00 bits per heavy atom. The number of hydrogen-bond acceptors (Lipinski definition) is 2. The third-order valence-corrected chi connectivity index (χ3v) is 4.46. The molecule has 0 aliphatic carbocycles. The Labute approximate surface area is 129 Å². The third kappa shape index (κ3) is 5.44. The Kier molecular flexibility index (Phi) is 7.25. The van der Waals surface area contributed by atoms with Crippen molar-refractivity contribution in [2.45, 2.75) is 71.2 Å².